The molecular weight excluding hydrogens is 222 g/mol. The van der Waals surface area contributed by atoms with E-state index in [2.05, 4.69) is 29.2 Å². The third kappa shape index (κ3) is 2.69. The van der Waals surface area contributed by atoms with Crippen LogP contribution in [0.15, 0.2) is 24.3 Å². The van der Waals surface area contributed by atoms with Crippen LogP contribution in [-0.4, -0.2) is 17.7 Å². The molecule has 98 valence electrons. The minimum absolute atomic E-state index is 0.308. The van der Waals surface area contributed by atoms with E-state index in [1.165, 1.54) is 37.9 Å². The first kappa shape index (κ1) is 12.0. The summed E-state index contributed by atoms with van der Waals surface area (Å²) in [7, 11) is 0. The monoisotopic (exact) mass is 245 g/mol. The van der Waals surface area contributed by atoms with E-state index < -0.39 is 0 Å². The number of nitrogens with zero attached hydrogens (tertiary/aromatic N) is 1. The topological polar surface area (TPSA) is 23.5 Å². The minimum atomic E-state index is -0.308. The summed E-state index contributed by atoms with van der Waals surface area (Å²) in [5.41, 5.74) is 2.39. The largest absolute Gasteiger partial charge is 0.388 e. The standard InChI is InChI=1S/C16H23NO/c1-2-16(18)13-5-7-14(8-6-13)17(15-9-10-15)11-12-3-4-12/h5-8,12,15-16,18H,2-4,9-11H2,1H3/t16-/m1/s1. The Morgan fingerprint density at radius 1 is 1.17 bits per heavy atom. The Balaban J connectivity index is 1.72. The van der Waals surface area contributed by atoms with Gasteiger partial charge in [-0.3, -0.25) is 0 Å². The lowest BCUT2D eigenvalue weighted by molar-refractivity contribution is 0.173. The third-order valence-electron chi connectivity index (χ3n) is 4.14. The molecule has 1 atom stereocenters. The van der Waals surface area contributed by atoms with Crippen molar-refractivity contribution in [1.29, 1.82) is 0 Å². The maximum atomic E-state index is 9.82. The number of anilines is 1. The predicted octanol–water partition coefficient (Wildman–Crippen LogP) is 3.51. The first-order valence-corrected chi connectivity index (χ1v) is 7.32. The Hall–Kier alpha value is -1.02. The van der Waals surface area contributed by atoms with E-state index in [4.69, 9.17) is 0 Å². The molecule has 1 N–H and O–H groups in total. The lowest BCUT2D eigenvalue weighted by Crippen LogP contribution is -2.27. The van der Waals surface area contributed by atoms with Gasteiger partial charge in [-0.25, -0.2) is 0 Å². The number of benzene rings is 1. The lowest BCUT2D eigenvalue weighted by Gasteiger charge is -2.25. The normalized spacial score (nSPS) is 20.8. The summed E-state index contributed by atoms with van der Waals surface area (Å²) in [5.74, 6) is 0.937. The second-order valence-electron chi connectivity index (χ2n) is 5.84. The maximum absolute atomic E-state index is 9.82. The van der Waals surface area contributed by atoms with Crippen molar-refractivity contribution in [2.45, 2.75) is 51.2 Å². The Kier molecular flexibility index (Phi) is 3.29. The van der Waals surface area contributed by atoms with Gasteiger partial charge in [0.1, 0.15) is 0 Å². The Morgan fingerprint density at radius 2 is 1.83 bits per heavy atom. The van der Waals surface area contributed by atoms with Gasteiger partial charge in [-0.2, -0.15) is 0 Å². The van der Waals surface area contributed by atoms with E-state index in [1.807, 2.05) is 6.92 Å². The fourth-order valence-electron chi connectivity index (χ4n) is 2.55. The van der Waals surface area contributed by atoms with Gasteiger partial charge in [0.15, 0.2) is 0 Å². The molecule has 2 aliphatic carbocycles. The van der Waals surface area contributed by atoms with Crippen molar-refractivity contribution in [2.75, 3.05) is 11.4 Å². The van der Waals surface area contributed by atoms with Crippen molar-refractivity contribution in [3.05, 3.63) is 29.8 Å². The molecule has 0 aromatic heterocycles. The summed E-state index contributed by atoms with van der Waals surface area (Å²) in [4.78, 5) is 2.58. The van der Waals surface area contributed by atoms with E-state index in [1.54, 1.807) is 0 Å². The maximum Gasteiger partial charge on any atom is 0.0787 e. The van der Waals surface area contributed by atoms with Crippen LogP contribution in [0, 0.1) is 5.92 Å². The molecule has 1 aromatic rings. The van der Waals surface area contributed by atoms with Crippen LogP contribution in [0.2, 0.25) is 0 Å². The van der Waals surface area contributed by atoms with Gasteiger partial charge in [-0.05, 0) is 55.7 Å². The van der Waals surface area contributed by atoms with Crippen molar-refractivity contribution < 1.29 is 5.11 Å². The molecule has 0 radical (unpaired) electrons. The van der Waals surface area contributed by atoms with Gasteiger partial charge in [0.25, 0.3) is 0 Å². The van der Waals surface area contributed by atoms with Crippen LogP contribution in [0.1, 0.15) is 50.7 Å². The number of aliphatic hydroxyl groups excluding tert-OH is 1. The van der Waals surface area contributed by atoms with E-state index in [0.717, 1.165) is 23.9 Å². The quantitative estimate of drug-likeness (QED) is 0.829. The van der Waals surface area contributed by atoms with Crippen molar-refractivity contribution in [1.82, 2.24) is 0 Å². The average Bonchev–Trinajstić information content (AvgIpc) is 3.28. The smallest absolute Gasteiger partial charge is 0.0787 e. The predicted molar refractivity (Wildman–Crippen MR) is 74.8 cm³/mol. The number of rotatable bonds is 6. The van der Waals surface area contributed by atoms with Gasteiger partial charge in [-0.15, -0.1) is 0 Å². The first-order chi connectivity index (χ1) is 8.78. The van der Waals surface area contributed by atoms with Crippen molar-refractivity contribution in [3.8, 4) is 0 Å². The molecule has 1 aromatic carbocycles. The van der Waals surface area contributed by atoms with E-state index in [0.29, 0.717) is 0 Å². The summed E-state index contributed by atoms with van der Waals surface area (Å²) in [6, 6.07) is 9.34. The zero-order valence-corrected chi connectivity index (χ0v) is 11.2. The van der Waals surface area contributed by atoms with Crippen LogP contribution in [0.4, 0.5) is 5.69 Å². The summed E-state index contributed by atoms with van der Waals surface area (Å²) >= 11 is 0. The van der Waals surface area contributed by atoms with Gasteiger partial charge in [0.2, 0.25) is 0 Å². The van der Waals surface area contributed by atoms with Gasteiger partial charge in [0.05, 0.1) is 6.10 Å². The summed E-state index contributed by atoms with van der Waals surface area (Å²) in [6.45, 7) is 3.25. The molecule has 0 spiro atoms. The fraction of sp³-hybridized carbons (Fsp3) is 0.625. The Morgan fingerprint density at radius 3 is 2.33 bits per heavy atom. The van der Waals surface area contributed by atoms with Crippen molar-refractivity contribution >= 4 is 5.69 Å². The molecule has 2 nitrogen and oxygen atoms in total. The van der Waals surface area contributed by atoms with Crippen molar-refractivity contribution in [2.24, 2.45) is 5.92 Å². The van der Waals surface area contributed by atoms with Gasteiger partial charge in [0, 0.05) is 18.3 Å². The summed E-state index contributed by atoms with van der Waals surface area (Å²) in [5, 5.41) is 9.82. The van der Waals surface area contributed by atoms with Gasteiger partial charge >= 0.3 is 0 Å². The highest BCUT2D eigenvalue weighted by Crippen LogP contribution is 2.37. The third-order valence-corrected chi connectivity index (χ3v) is 4.14. The Labute approximate surface area is 110 Å². The lowest BCUT2D eigenvalue weighted by atomic mass is 10.1. The molecule has 0 unspecified atom stereocenters. The SMILES string of the molecule is CC[C@@H](O)c1ccc(N(CC2CC2)C2CC2)cc1. The Bertz CT molecular complexity index is 392. The highest BCUT2D eigenvalue weighted by molar-refractivity contribution is 5.50. The zero-order chi connectivity index (χ0) is 12.5. The number of hydrogen-bond acceptors (Lipinski definition) is 2. The molecule has 0 bridgehead atoms. The molecule has 0 aliphatic heterocycles. The molecular formula is C16H23NO. The number of aliphatic hydroxyl groups is 1. The van der Waals surface area contributed by atoms with Crippen molar-refractivity contribution in [3.63, 3.8) is 0 Å². The summed E-state index contributed by atoms with van der Waals surface area (Å²) in [6.07, 6.45) is 6.01. The summed E-state index contributed by atoms with van der Waals surface area (Å²) < 4.78 is 0. The van der Waals surface area contributed by atoms with Crippen LogP contribution < -0.4 is 4.90 Å². The number of hydrogen-bond donors (Lipinski definition) is 1. The molecule has 3 rings (SSSR count). The molecule has 18 heavy (non-hydrogen) atoms. The minimum Gasteiger partial charge on any atom is -0.388 e. The van der Waals surface area contributed by atoms with Crippen LogP contribution in [0.3, 0.4) is 0 Å². The highest BCUT2D eigenvalue weighted by atomic mass is 16.3. The molecule has 0 saturated heterocycles. The highest BCUT2D eigenvalue weighted by Gasteiger charge is 2.33. The van der Waals surface area contributed by atoms with E-state index in [-0.39, 0.29) is 6.10 Å². The van der Waals surface area contributed by atoms with E-state index >= 15 is 0 Å². The van der Waals surface area contributed by atoms with Gasteiger partial charge < -0.3 is 10.0 Å². The molecule has 2 fully saturated rings. The second-order valence-corrected chi connectivity index (χ2v) is 5.84. The van der Waals surface area contributed by atoms with E-state index in [9.17, 15) is 5.11 Å². The van der Waals surface area contributed by atoms with Crippen LogP contribution in [-0.2, 0) is 0 Å². The molecule has 0 heterocycles. The van der Waals surface area contributed by atoms with Crippen LogP contribution in [0.5, 0.6) is 0 Å². The molecule has 0 amide bonds. The second kappa shape index (κ2) is 4.93. The van der Waals surface area contributed by atoms with Gasteiger partial charge in [-0.1, -0.05) is 19.1 Å². The molecule has 2 heteroatoms. The molecule has 2 aliphatic rings. The van der Waals surface area contributed by atoms with Crippen LogP contribution >= 0.6 is 0 Å². The first-order valence-electron chi connectivity index (χ1n) is 7.32. The van der Waals surface area contributed by atoms with Crippen LogP contribution in [0.25, 0.3) is 0 Å². The fourth-order valence-corrected chi connectivity index (χ4v) is 2.55. The molecule has 2 saturated carbocycles. The average molecular weight is 245 g/mol. The zero-order valence-electron chi connectivity index (χ0n) is 11.2.